The quantitative estimate of drug-likeness (QED) is 0.725. The van der Waals surface area contributed by atoms with E-state index < -0.39 is 17.1 Å². The van der Waals surface area contributed by atoms with Gasteiger partial charge in [-0.3, -0.25) is 4.79 Å². The minimum Gasteiger partial charge on any atom is -0.371 e. The summed E-state index contributed by atoms with van der Waals surface area (Å²) in [6, 6.07) is 11.6. The number of aromatic amines is 1. The number of aromatic nitrogens is 2. The molecule has 0 unspecified atom stereocenters. The van der Waals surface area contributed by atoms with Crippen molar-refractivity contribution in [2.45, 2.75) is 19.3 Å². The monoisotopic (exact) mass is 366 g/mol. The third kappa shape index (κ3) is 3.40. The van der Waals surface area contributed by atoms with Crippen molar-refractivity contribution in [3.63, 3.8) is 0 Å². The molecule has 1 aliphatic rings. The average Bonchev–Trinajstić information content (AvgIpc) is 2.69. The highest BCUT2D eigenvalue weighted by atomic mass is 19.1. The van der Waals surface area contributed by atoms with Gasteiger partial charge in [-0.15, -0.1) is 4.68 Å². The van der Waals surface area contributed by atoms with E-state index in [2.05, 4.69) is 15.0 Å². The molecule has 2 heterocycles. The van der Waals surface area contributed by atoms with Gasteiger partial charge in [0.15, 0.2) is 0 Å². The summed E-state index contributed by atoms with van der Waals surface area (Å²) in [5.74, 6) is -0.438. The largest absolute Gasteiger partial charge is 0.371 e. The smallest absolute Gasteiger partial charge is 0.349 e. The van der Waals surface area contributed by atoms with Crippen LogP contribution in [0.15, 0.2) is 57.2 Å². The summed E-state index contributed by atoms with van der Waals surface area (Å²) >= 11 is 0. The van der Waals surface area contributed by atoms with E-state index in [-0.39, 0.29) is 5.56 Å². The number of fused-ring (bicyclic) bond motifs is 1. The van der Waals surface area contributed by atoms with Crippen molar-refractivity contribution in [1.29, 1.82) is 0 Å². The van der Waals surface area contributed by atoms with Gasteiger partial charge < -0.3 is 9.88 Å². The van der Waals surface area contributed by atoms with E-state index in [1.807, 2.05) is 6.07 Å². The molecule has 27 heavy (non-hydrogen) atoms. The van der Waals surface area contributed by atoms with Gasteiger partial charge in [-0.2, -0.15) is 5.10 Å². The summed E-state index contributed by atoms with van der Waals surface area (Å²) in [7, 11) is 0. The van der Waals surface area contributed by atoms with Gasteiger partial charge in [-0.25, -0.2) is 9.18 Å². The zero-order valence-electron chi connectivity index (χ0n) is 14.7. The standard InChI is InChI=1S/C20H19FN4O2/c21-17-12-15(24-10-4-1-5-11-24)9-8-14(17)13-22-25-19(26)16-6-2-3-7-18(16)23-20(25)27/h2-3,6-9,12-13H,1,4-5,10-11H2,(H,23,27). The van der Waals surface area contributed by atoms with Crippen molar-refractivity contribution in [2.75, 3.05) is 18.0 Å². The van der Waals surface area contributed by atoms with Crippen molar-refractivity contribution in [1.82, 2.24) is 9.66 Å². The van der Waals surface area contributed by atoms with E-state index in [1.54, 1.807) is 30.3 Å². The van der Waals surface area contributed by atoms with E-state index in [4.69, 9.17) is 0 Å². The van der Waals surface area contributed by atoms with E-state index >= 15 is 0 Å². The molecule has 3 aromatic rings. The summed E-state index contributed by atoms with van der Waals surface area (Å²) in [6.07, 6.45) is 4.62. The number of nitrogens with zero attached hydrogens (tertiary/aromatic N) is 3. The third-order valence-electron chi connectivity index (χ3n) is 4.80. The molecular weight excluding hydrogens is 347 g/mol. The van der Waals surface area contributed by atoms with Crippen molar-refractivity contribution in [2.24, 2.45) is 5.10 Å². The van der Waals surface area contributed by atoms with Gasteiger partial charge in [-0.05, 0) is 49.6 Å². The molecule has 6 nitrogen and oxygen atoms in total. The minimum atomic E-state index is -0.666. The first kappa shape index (κ1) is 17.2. The fourth-order valence-electron chi connectivity index (χ4n) is 3.35. The number of nitrogens with one attached hydrogen (secondary N) is 1. The highest BCUT2D eigenvalue weighted by Gasteiger charge is 2.13. The Morgan fingerprint density at radius 2 is 1.81 bits per heavy atom. The summed E-state index contributed by atoms with van der Waals surface area (Å²) in [5, 5.41) is 4.25. The molecule has 0 aliphatic carbocycles. The molecule has 1 saturated heterocycles. The topological polar surface area (TPSA) is 70.5 Å². The lowest BCUT2D eigenvalue weighted by molar-refractivity contribution is 0.574. The Morgan fingerprint density at radius 3 is 2.59 bits per heavy atom. The molecule has 4 rings (SSSR count). The maximum atomic E-state index is 14.5. The second-order valence-corrected chi connectivity index (χ2v) is 6.59. The summed E-state index contributed by atoms with van der Waals surface area (Å²) in [4.78, 5) is 29.3. The van der Waals surface area contributed by atoms with Crippen LogP contribution in [0.2, 0.25) is 0 Å². The Balaban J connectivity index is 1.66. The lowest BCUT2D eigenvalue weighted by Gasteiger charge is -2.28. The highest BCUT2D eigenvalue weighted by Crippen LogP contribution is 2.21. The van der Waals surface area contributed by atoms with Crippen LogP contribution in [-0.4, -0.2) is 29.0 Å². The number of para-hydroxylation sites is 1. The molecule has 7 heteroatoms. The second kappa shape index (κ2) is 7.19. The summed E-state index contributed by atoms with van der Waals surface area (Å²) < 4.78 is 15.2. The molecule has 0 radical (unpaired) electrons. The number of hydrogen-bond acceptors (Lipinski definition) is 4. The van der Waals surface area contributed by atoms with Gasteiger partial charge in [0.25, 0.3) is 5.56 Å². The molecule has 0 bridgehead atoms. The number of hydrogen-bond donors (Lipinski definition) is 1. The van der Waals surface area contributed by atoms with Gasteiger partial charge in [0.2, 0.25) is 0 Å². The maximum Gasteiger partial charge on any atom is 0.349 e. The van der Waals surface area contributed by atoms with Crippen molar-refractivity contribution in [3.8, 4) is 0 Å². The van der Waals surface area contributed by atoms with Gasteiger partial charge >= 0.3 is 5.69 Å². The molecule has 0 saturated carbocycles. The van der Waals surface area contributed by atoms with Crippen molar-refractivity contribution in [3.05, 3.63) is 74.7 Å². The Bertz CT molecular complexity index is 1130. The van der Waals surface area contributed by atoms with Crippen LogP contribution < -0.4 is 16.1 Å². The predicted molar refractivity (Wildman–Crippen MR) is 104 cm³/mol. The molecule has 0 amide bonds. The van der Waals surface area contributed by atoms with Gasteiger partial charge in [0.05, 0.1) is 17.1 Å². The normalized spacial score (nSPS) is 14.9. The number of piperidine rings is 1. The number of rotatable bonds is 3. The van der Waals surface area contributed by atoms with Crippen LogP contribution in [0.1, 0.15) is 24.8 Å². The first-order chi connectivity index (χ1) is 13.1. The molecule has 0 atom stereocenters. The Hall–Kier alpha value is -3.22. The van der Waals surface area contributed by atoms with E-state index in [0.29, 0.717) is 15.6 Å². The lowest BCUT2D eigenvalue weighted by Crippen LogP contribution is -2.32. The Labute approximate surface area is 154 Å². The van der Waals surface area contributed by atoms with E-state index in [0.717, 1.165) is 31.6 Å². The van der Waals surface area contributed by atoms with Crippen LogP contribution >= 0.6 is 0 Å². The minimum absolute atomic E-state index is 0.218. The SMILES string of the molecule is O=c1[nH]c2ccccc2c(=O)n1N=Cc1ccc(N2CCCCC2)cc1F. The number of H-pyrrole nitrogens is 1. The van der Waals surface area contributed by atoms with Crippen LogP contribution in [0.25, 0.3) is 10.9 Å². The third-order valence-corrected chi connectivity index (χ3v) is 4.80. The highest BCUT2D eigenvalue weighted by molar-refractivity contribution is 5.81. The first-order valence-corrected chi connectivity index (χ1v) is 8.96. The molecule has 1 aliphatic heterocycles. The number of halogens is 1. The first-order valence-electron chi connectivity index (χ1n) is 8.96. The second-order valence-electron chi connectivity index (χ2n) is 6.59. The fourth-order valence-corrected chi connectivity index (χ4v) is 3.35. The van der Waals surface area contributed by atoms with Gasteiger partial charge in [0.1, 0.15) is 5.82 Å². The van der Waals surface area contributed by atoms with E-state index in [1.165, 1.54) is 18.7 Å². The Morgan fingerprint density at radius 1 is 1.04 bits per heavy atom. The zero-order valence-corrected chi connectivity index (χ0v) is 14.7. The molecule has 2 aromatic carbocycles. The van der Waals surface area contributed by atoms with Crippen molar-refractivity contribution >= 4 is 22.8 Å². The molecule has 138 valence electrons. The molecular formula is C20H19FN4O2. The molecule has 0 spiro atoms. The zero-order chi connectivity index (χ0) is 18.8. The molecule has 1 aromatic heterocycles. The average molecular weight is 366 g/mol. The van der Waals surface area contributed by atoms with Crippen molar-refractivity contribution < 1.29 is 4.39 Å². The molecule has 1 N–H and O–H groups in total. The summed E-state index contributed by atoms with van der Waals surface area (Å²) in [5.41, 5.74) is 0.285. The fraction of sp³-hybridized carbons (Fsp3) is 0.250. The lowest BCUT2D eigenvalue weighted by atomic mass is 10.1. The van der Waals surface area contributed by atoms with Crippen LogP contribution in [0.5, 0.6) is 0 Å². The van der Waals surface area contributed by atoms with Gasteiger partial charge in [0, 0.05) is 24.3 Å². The Kier molecular flexibility index (Phi) is 4.58. The van der Waals surface area contributed by atoms with Crippen LogP contribution in [-0.2, 0) is 0 Å². The number of benzene rings is 2. The van der Waals surface area contributed by atoms with Crippen LogP contribution in [0.3, 0.4) is 0 Å². The van der Waals surface area contributed by atoms with Crippen LogP contribution in [0.4, 0.5) is 10.1 Å². The summed E-state index contributed by atoms with van der Waals surface area (Å²) in [6.45, 7) is 1.85. The predicted octanol–water partition coefficient (Wildman–Crippen LogP) is 2.70. The number of anilines is 1. The van der Waals surface area contributed by atoms with Gasteiger partial charge in [-0.1, -0.05) is 12.1 Å². The van der Waals surface area contributed by atoms with Crippen LogP contribution in [0, 0.1) is 5.82 Å². The molecule has 1 fully saturated rings. The maximum absolute atomic E-state index is 14.5. The van der Waals surface area contributed by atoms with E-state index in [9.17, 15) is 14.0 Å².